The molecule has 1 heterocycles. The molecule has 0 radical (unpaired) electrons. The first-order valence-corrected chi connectivity index (χ1v) is 5.81. The smallest absolute Gasteiger partial charge is 0.0678 e. The van der Waals surface area contributed by atoms with Gasteiger partial charge in [0.2, 0.25) is 0 Å². The molecule has 2 nitrogen and oxygen atoms in total. The summed E-state index contributed by atoms with van der Waals surface area (Å²) >= 11 is 5.99. The molecule has 2 rings (SSSR count). The van der Waals surface area contributed by atoms with Crippen LogP contribution in [0.5, 0.6) is 0 Å². The number of hydrogen-bond acceptors (Lipinski definition) is 1. The van der Waals surface area contributed by atoms with Crippen LogP contribution in [0.2, 0.25) is 5.02 Å². The standard InChI is InChI=1S/C13H15ClN2/c1-4-11-7-12(14)5-6-13(11)16-8-9(2)10(3)15-16/h5-8H,4H2,1-3H3. The maximum atomic E-state index is 5.99. The minimum atomic E-state index is 0.779. The zero-order valence-electron chi connectivity index (χ0n) is 9.79. The molecule has 0 saturated carbocycles. The van der Waals surface area contributed by atoms with Gasteiger partial charge < -0.3 is 0 Å². The number of halogens is 1. The summed E-state index contributed by atoms with van der Waals surface area (Å²) in [6, 6.07) is 5.93. The molecule has 0 unspecified atom stereocenters. The molecule has 0 aliphatic carbocycles. The lowest BCUT2D eigenvalue weighted by Gasteiger charge is -2.08. The second kappa shape index (κ2) is 4.30. The van der Waals surface area contributed by atoms with Gasteiger partial charge in [-0.05, 0) is 49.6 Å². The maximum absolute atomic E-state index is 5.99. The lowest BCUT2D eigenvalue weighted by Crippen LogP contribution is -1.99. The molecule has 0 atom stereocenters. The fraction of sp³-hybridized carbons (Fsp3) is 0.308. The van der Waals surface area contributed by atoms with Crippen LogP contribution in [0.25, 0.3) is 5.69 Å². The van der Waals surface area contributed by atoms with Gasteiger partial charge in [0, 0.05) is 11.2 Å². The van der Waals surface area contributed by atoms with E-state index < -0.39 is 0 Å². The van der Waals surface area contributed by atoms with Gasteiger partial charge in [0.1, 0.15) is 0 Å². The van der Waals surface area contributed by atoms with Crippen molar-refractivity contribution < 1.29 is 0 Å². The van der Waals surface area contributed by atoms with E-state index in [-0.39, 0.29) is 0 Å². The Bertz CT molecular complexity index is 495. The number of aromatic nitrogens is 2. The minimum absolute atomic E-state index is 0.779. The van der Waals surface area contributed by atoms with Gasteiger partial charge >= 0.3 is 0 Å². The Kier molecular flexibility index (Phi) is 3.01. The summed E-state index contributed by atoms with van der Waals surface area (Å²) in [5, 5.41) is 5.27. The number of nitrogens with zero attached hydrogens (tertiary/aromatic N) is 2. The van der Waals surface area contributed by atoms with Crippen molar-refractivity contribution in [3.8, 4) is 5.69 Å². The molecular formula is C13H15ClN2. The summed E-state index contributed by atoms with van der Waals surface area (Å²) in [4.78, 5) is 0. The van der Waals surface area contributed by atoms with E-state index in [0.29, 0.717) is 0 Å². The first-order valence-electron chi connectivity index (χ1n) is 5.43. The van der Waals surface area contributed by atoms with Gasteiger partial charge in [0.15, 0.2) is 0 Å². The fourth-order valence-corrected chi connectivity index (χ4v) is 1.93. The molecule has 16 heavy (non-hydrogen) atoms. The van der Waals surface area contributed by atoms with Crippen LogP contribution in [0.4, 0.5) is 0 Å². The lowest BCUT2D eigenvalue weighted by atomic mass is 10.1. The Labute approximate surface area is 101 Å². The fourth-order valence-electron chi connectivity index (χ4n) is 1.73. The van der Waals surface area contributed by atoms with E-state index in [2.05, 4.69) is 25.1 Å². The van der Waals surface area contributed by atoms with Crippen LogP contribution < -0.4 is 0 Å². The van der Waals surface area contributed by atoms with Crippen LogP contribution in [-0.4, -0.2) is 9.78 Å². The molecule has 0 amide bonds. The van der Waals surface area contributed by atoms with E-state index >= 15 is 0 Å². The molecule has 0 fully saturated rings. The zero-order chi connectivity index (χ0) is 11.7. The first-order chi connectivity index (χ1) is 7.61. The van der Waals surface area contributed by atoms with E-state index in [0.717, 1.165) is 22.8 Å². The molecule has 84 valence electrons. The van der Waals surface area contributed by atoms with Crippen molar-refractivity contribution in [2.75, 3.05) is 0 Å². The van der Waals surface area contributed by atoms with Crippen molar-refractivity contribution >= 4 is 11.6 Å². The number of hydrogen-bond donors (Lipinski definition) is 0. The van der Waals surface area contributed by atoms with Crippen LogP contribution in [0, 0.1) is 13.8 Å². The Hall–Kier alpha value is -1.28. The molecule has 2 aromatic rings. The average molecular weight is 235 g/mol. The second-order valence-electron chi connectivity index (χ2n) is 3.97. The van der Waals surface area contributed by atoms with Crippen LogP contribution >= 0.6 is 11.6 Å². The second-order valence-corrected chi connectivity index (χ2v) is 4.41. The van der Waals surface area contributed by atoms with Crippen molar-refractivity contribution in [2.24, 2.45) is 0 Å². The van der Waals surface area contributed by atoms with Gasteiger partial charge in [-0.25, -0.2) is 4.68 Å². The third kappa shape index (κ3) is 1.98. The van der Waals surface area contributed by atoms with Gasteiger partial charge in [-0.2, -0.15) is 5.10 Å². The molecule has 0 saturated heterocycles. The zero-order valence-corrected chi connectivity index (χ0v) is 10.5. The topological polar surface area (TPSA) is 17.8 Å². The number of aryl methyl sites for hydroxylation is 3. The Morgan fingerprint density at radius 2 is 2.06 bits per heavy atom. The Morgan fingerprint density at radius 3 is 2.62 bits per heavy atom. The molecular weight excluding hydrogens is 220 g/mol. The predicted octanol–water partition coefficient (Wildman–Crippen LogP) is 3.70. The highest BCUT2D eigenvalue weighted by molar-refractivity contribution is 6.30. The molecule has 0 bridgehead atoms. The molecule has 1 aromatic heterocycles. The van der Waals surface area contributed by atoms with Crippen molar-refractivity contribution in [3.63, 3.8) is 0 Å². The van der Waals surface area contributed by atoms with E-state index in [1.54, 1.807) is 0 Å². The quantitative estimate of drug-likeness (QED) is 0.775. The summed E-state index contributed by atoms with van der Waals surface area (Å²) in [5.74, 6) is 0. The van der Waals surface area contributed by atoms with Crippen LogP contribution in [0.3, 0.4) is 0 Å². The van der Waals surface area contributed by atoms with E-state index in [1.165, 1.54) is 11.1 Å². The van der Waals surface area contributed by atoms with Crippen LogP contribution in [0.15, 0.2) is 24.4 Å². The van der Waals surface area contributed by atoms with Gasteiger partial charge in [-0.15, -0.1) is 0 Å². The molecule has 0 spiro atoms. The van der Waals surface area contributed by atoms with Crippen molar-refractivity contribution in [1.29, 1.82) is 0 Å². The molecule has 3 heteroatoms. The van der Waals surface area contributed by atoms with E-state index in [4.69, 9.17) is 11.6 Å². The van der Waals surface area contributed by atoms with Gasteiger partial charge in [-0.3, -0.25) is 0 Å². The summed E-state index contributed by atoms with van der Waals surface area (Å²) in [5.41, 5.74) is 4.60. The summed E-state index contributed by atoms with van der Waals surface area (Å²) in [7, 11) is 0. The van der Waals surface area contributed by atoms with Gasteiger partial charge in [0.25, 0.3) is 0 Å². The molecule has 1 aromatic carbocycles. The SMILES string of the molecule is CCc1cc(Cl)ccc1-n1cc(C)c(C)n1. The normalized spacial score (nSPS) is 10.8. The lowest BCUT2D eigenvalue weighted by molar-refractivity contribution is 0.847. The molecule has 0 aliphatic heterocycles. The maximum Gasteiger partial charge on any atom is 0.0678 e. The van der Waals surface area contributed by atoms with E-state index in [9.17, 15) is 0 Å². The van der Waals surface area contributed by atoms with Crippen LogP contribution in [0.1, 0.15) is 23.7 Å². The van der Waals surface area contributed by atoms with Crippen molar-refractivity contribution in [2.45, 2.75) is 27.2 Å². The van der Waals surface area contributed by atoms with Crippen LogP contribution in [-0.2, 0) is 6.42 Å². The third-order valence-corrected chi connectivity index (χ3v) is 3.05. The highest BCUT2D eigenvalue weighted by Crippen LogP contribution is 2.20. The van der Waals surface area contributed by atoms with Gasteiger partial charge in [-0.1, -0.05) is 18.5 Å². The first kappa shape index (κ1) is 11.2. The highest BCUT2D eigenvalue weighted by Gasteiger charge is 2.07. The summed E-state index contributed by atoms with van der Waals surface area (Å²) in [6.45, 7) is 6.21. The Balaban J connectivity index is 2.55. The van der Waals surface area contributed by atoms with Crippen molar-refractivity contribution in [1.82, 2.24) is 9.78 Å². The number of rotatable bonds is 2. The van der Waals surface area contributed by atoms with Gasteiger partial charge in [0.05, 0.1) is 11.4 Å². The Morgan fingerprint density at radius 1 is 1.31 bits per heavy atom. The summed E-state index contributed by atoms with van der Waals surface area (Å²) < 4.78 is 1.93. The highest BCUT2D eigenvalue weighted by atomic mass is 35.5. The van der Waals surface area contributed by atoms with Crippen molar-refractivity contribution in [3.05, 3.63) is 46.2 Å². The predicted molar refractivity (Wildman–Crippen MR) is 67.4 cm³/mol. The summed E-state index contributed by atoms with van der Waals surface area (Å²) in [6.07, 6.45) is 3.01. The minimum Gasteiger partial charge on any atom is -0.240 e. The third-order valence-electron chi connectivity index (χ3n) is 2.81. The monoisotopic (exact) mass is 234 g/mol. The molecule has 0 aliphatic rings. The average Bonchev–Trinajstić information content (AvgIpc) is 2.59. The largest absolute Gasteiger partial charge is 0.240 e. The number of benzene rings is 1. The van der Waals surface area contributed by atoms with E-state index in [1.807, 2.05) is 29.8 Å². The molecule has 0 N–H and O–H groups in total.